The molecule has 0 bridgehead atoms. The lowest BCUT2D eigenvalue weighted by Crippen LogP contribution is -2.16. The van der Waals surface area contributed by atoms with Crippen LogP contribution in [0.15, 0.2) is 36.4 Å². The van der Waals surface area contributed by atoms with E-state index in [1.54, 1.807) is 6.07 Å². The Labute approximate surface area is 209 Å². The number of hydrogen-bond donors (Lipinski definition) is 3. The Bertz CT molecular complexity index is 1220. The van der Waals surface area contributed by atoms with E-state index in [2.05, 4.69) is 0 Å². The van der Waals surface area contributed by atoms with Gasteiger partial charge in [0, 0.05) is 22.6 Å². The van der Waals surface area contributed by atoms with Crippen LogP contribution in [-0.4, -0.2) is 21.6 Å². The van der Waals surface area contributed by atoms with Crippen LogP contribution in [0.3, 0.4) is 0 Å². The topological polar surface area (TPSA) is 77.8 Å². The largest absolute Gasteiger partial charge is 0.507 e. The molecule has 0 aliphatic heterocycles. The minimum Gasteiger partial charge on any atom is -0.507 e. The van der Waals surface area contributed by atoms with Crippen molar-refractivity contribution in [2.24, 2.45) is 0 Å². The molecule has 3 N–H and O–H groups in total. The van der Waals surface area contributed by atoms with Gasteiger partial charge in [-0.05, 0) is 54.4 Å². The molecule has 4 nitrogen and oxygen atoms in total. The summed E-state index contributed by atoms with van der Waals surface area (Å²) in [6.45, 7) is 18.0. The average molecular weight is 475 g/mol. The second kappa shape index (κ2) is 9.07. The molecule has 0 saturated heterocycles. The Morgan fingerprint density at radius 3 is 1.29 bits per heavy atom. The summed E-state index contributed by atoms with van der Waals surface area (Å²) in [6.07, 6.45) is 0.635. The Morgan fingerprint density at radius 2 is 0.943 bits per heavy atom. The third-order valence-electron chi connectivity index (χ3n) is 6.56. The van der Waals surface area contributed by atoms with Gasteiger partial charge < -0.3 is 15.3 Å². The minimum atomic E-state index is -0.699. The summed E-state index contributed by atoms with van der Waals surface area (Å²) in [5, 5.41) is 34.4. The molecule has 0 fully saturated rings. The van der Waals surface area contributed by atoms with Crippen molar-refractivity contribution in [2.75, 3.05) is 0 Å². The van der Waals surface area contributed by atoms with Crippen molar-refractivity contribution in [3.8, 4) is 17.2 Å². The van der Waals surface area contributed by atoms with E-state index in [-0.39, 0.29) is 33.6 Å². The molecule has 0 unspecified atom stereocenters. The third-order valence-corrected chi connectivity index (χ3v) is 6.56. The Morgan fingerprint density at radius 1 is 0.600 bits per heavy atom. The van der Waals surface area contributed by atoms with Gasteiger partial charge in [0.2, 0.25) is 0 Å². The highest BCUT2D eigenvalue weighted by atomic mass is 16.3. The van der Waals surface area contributed by atoms with Gasteiger partial charge in [0.1, 0.15) is 17.2 Å². The van der Waals surface area contributed by atoms with Crippen molar-refractivity contribution in [2.45, 2.75) is 79.1 Å². The number of carbonyl (C=O) groups excluding carboxylic acids is 1. The quantitative estimate of drug-likeness (QED) is 0.273. The molecule has 35 heavy (non-hydrogen) atoms. The SMILES string of the molecule is Cc1cc(C=O)c(O)c(C(c2cc(C)cc(C(C)(C)C)c2O)c2cc(C)cc(C(C)(C)C)c2O)c1. The van der Waals surface area contributed by atoms with Crippen molar-refractivity contribution in [3.63, 3.8) is 0 Å². The standard InChI is InChI=1S/C31H38O4/c1-17-10-20(16-32)27(33)21(11-17)26(22-12-18(2)14-24(28(22)34)30(4,5)6)23-13-19(3)15-25(29(23)35)31(7,8)9/h10-16,26,33-35H,1-9H3. The van der Waals surface area contributed by atoms with Crippen LogP contribution < -0.4 is 0 Å². The normalized spacial score (nSPS) is 12.3. The molecule has 0 aliphatic rings. The minimum absolute atomic E-state index is 0.125. The number of phenolic OH excluding ortho intramolecular Hbond substituents is 3. The van der Waals surface area contributed by atoms with Crippen molar-refractivity contribution >= 4 is 6.29 Å². The van der Waals surface area contributed by atoms with E-state index in [9.17, 15) is 20.1 Å². The predicted molar refractivity (Wildman–Crippen MR) is 142 cm³/mol. The molecular formula is C31H38O4. The van der Waals surface area contributed by atoms with Crippen molar-refractivity contribution < 1.29 is 20.1 Å². The molecule has 3 rings (SSSR count). The molecular weight excluding hydrogens is 436 g/mol. The average Bonchev–Trinajstić information content (AvgIpc) is 2.73. The van der Waals surface area contributed by atoms with Gasteiger partial charge in [0.05, 0.1) is 5.56 Å². The highest BCUT2D eigenvalue weighted by Gasteiger charge is 2.32. The fourth-order valence-electron chi connectivity index (χ4n) is 4.85. The predicted octanol–water partition coefficient (Wildman–Crippen LogP) is 7.32. The lowest BCUT2D eigenvalue weighted by atomic mass is 9.75. The number of phenols is 3. The fourth-order valence-corrected chi connectivity index (χ4v) is 4.85. The van der Waals surface area contributed by atoms with Crippen LogP contribution in [0.1, 0.15) is 102 Å². The summed E-state index contributed by atoms with van der Waals surface area (Å²) in [4.78, 5) is 11.8. The number of rotatable bonds is 4. The molecule has 3 aromatic rings. The highest BCUT2D eigenvalue weighted by Crippen LogP contribution is 2.49. The molecule has 0 aliphatic carbocycles. The van der Waals surface area contributed by atoms with Crippen LogP contribution in [0, 0.1) is 20.8 Å². The second-order valence-electron chi connectivity index (χ2n) is 11.8. The maximum absolute atomic E-state index is 11.8. The zero-order chi connectivity index (χ0) is 26.5. The summed E-state index contributed by atoms with van der Waals surface area (Å²) in [7, 11) is 0. The molecule has 3 aromatic carbocycles. The first-order valence-corrected chi connectivity index (χ1v) is 12.0. The lowest BCUT2D eigenvalue weighted by molar-refractivity contribution is 0.112. The van der Waals surface area contributed by atoms with E-state index < -0.39 is 5.92 Å². The fraction of sp³-hybridized carbons (Fsp3) is 0.387. The molecule has 0 aromatic heterocycles. The van der Waals surface area contributed by atoms with E-state index in [4.69, 9.17) is 0 Å². The summed E-state index contributed by atoms with van der Waals surface area (Å²) in [6, 6.07) is 11.2. The zero-order valence-electron chi connectivity index (χ0n) is 22.4. The van der Waals surface area contributed by atoms with E-state index in [0.29, 0.717) is 23.0 Å². The molecule has 0 atom stereocenters. The summed E-state index contributed by atoms with van der Waals surface area (Å²) in [5.41, 5.74) is 5.42. The number of aldehydes is 1. The number of hydrogen-bond acceptors (Lipinski definition) is 4. The van der Waals surface area contributed by atoms with Gasteiger partial charge in [-0.2, -0.15) is 0 Å². The maximum atomic E-state index is 11.8. The first-order valence-electron chi connectivity index (χ1n) is 12.0. The zero-order valence-corrected chi connectivity index (χ0v) is 22.4. The molecule has 4 heteroatoms. The number of aromatic hydroxyl groups is 3. The second-order valence-corrected chi connectivity index (χ2v) is 11.8. The molecule has 0 heterocycles. The Balaban J connectivity index is 2.53. The van der Waals surface area contributed by atoms with Crippen LogP contribution in [0.25, 0.3) is 0 Å². The number of aryl methyl sites for hydroxylation is 3. The van der Waals surface area contributed by atoms with E-state index in [1.165, 1.54) is 0 Å². The van der Waals surface area contributed by atoms with Crippen molar-refractivity contribution in [1.82, 2.24) is 0 Å². The number of benzene rings is 3. The van der Waals surface area contributed by atoms with Crippen molar-refractivity contribution in [3.05, 3.63) is 86.5 Å². The van der Waals surface area contributed by atoms with Crippen LogP contribution in [0.4, 0.5) is 0 Å². The molecule has 0 spiro atoms. The van der Waals surface area contributed by atoms with Gasteiger partial charge in [-0.3, -0.25) is 4.79 Å². The van der Waals surface area contributed by atoms with Crippen LogP contribution >= 0.6 is 0 Å². The van der Waals surface area contributed by atoms with Gasteiger partial charge >= 0.3 is 0 Å². The van der Waals surface area contributed by atoms with Gasteiger partial charge in [-0.15, -0.1) is 0 Å². The maximum Gasteiger partial charge on any atom is 0.153 e. The van der Waals surface area contributed by atoms with Gasteiger partial charge in [0.25, 0.3) is 0 Å². The third kappa shape index (κ3) is 5.07. The smallest absolute Gasteiger partial charge is 0.153 e. The van der Waals surface area contributed by atoms with E-state index >= 15 is 0 Å². The molecule has 0 radical (unpaired) electrons. The molecule has 186 valence electrons. The van der Waals surface area contributed by atoms with Gasteiger partial charge in [-0.25, -0.2) is 0 Å². The molecule has 0 saturated carbocycles. The lowest BCUT2D eigenvalue weighted by Gasteiger charge is -2.30. The van der Waals surface area contributed by atoms with E-state index in [1.807, 2.05) is 92.6 Å². The summed E-state index contributed by atoms with van der Waals surface area (Å²) in [5.74, 6) is -0.595. The van der Waals surface area contributed by atoms with Gasteiger partial charge in [0.15, 0.2) is 6.29 Å². The molecule has 0 amide bonds. The summed E-state index contributed by atoms with van der Waals surface area (Å²) < 4.78 is 0. The van der Waals surface area contributed by atoms with Crippen LogP contribution in [0.2, 0.25) is 0 Å². The van der Waals surface area contributed by atoms with Crippen LogP contribution in [-0.2, 0) is 10.8 Å². The first-order chi connectivity index (χ1) is 16.1. The Hall–Kier alpha value is -3.27. The van der Waals surface area contributed by atoms with Crippen LogP contribution in [0.5, 0.6) is 17.2 Å². The monoisotopic (exact) mass is 474 g/mol. The van der Waals surface area contributed by atoms with E-state index in [0.717, 1.165) is 27.8 Å². The Kier molecular flexibility index (Phi) is 6.82. The first kappa shape index (κ1) is 26.3. The number of carbonyl (C=O) groups is 1. The van der Waals surface area contributed by atoms with Gasteiger partial charge in [-0.1, -0.05) is 83.0 Å². The highest BCUT2D eigenvalue weighted by molar-refractivity contribution is 5.81. The van der Waals surface area contributed by atoms with Crippen molar-refractivity contribution in [1.29, 1.82) is 0 Å². The summed E-state index contributed by atoms with van der Waals surface area (Å²) >= 11 is 0.